The van der Waals surface area contributed by atoms with Crippen molar-refractivity contribution in [1.29, 1.82) is 0 Å². The summed E-state index contributed by atoms with van der Waals surface area (Å²) in [6.45, 7) is 0. The van der Waals surface area contributed by atoms with Crippen molar-refractivity contribution in [3.8, 4) is 0 Å². The van der Waals surface area contributed by atoms with Crippen LogP contribution in [-0.2, 0) is 0 Å². The molecule has 2 aromatic heterocycles. The van der Waals surface area contributed by atoms with Crippen molar-refractivity contribution in [3.63, 3.8) is 0 Å². The third-order valence-electron chi connectivity index (χ3n) is 2.69. The van der Waals surface area contributed by atoms with E-state index in [0.717, 1.165) is 21.5 Å². The Morgan fingerprint density at radius 1 is 1.11 bits per heavy atom. The first-order chi connectivity index (χ1) is 8.75. The molecule has 18 heavy (non-hydrogen) atoms. The Labute approximate surface area is 113 Å². The minimum atomic E-state index is -0.720. The quantitative estimate of drug-likeness (QED) is 0.780. The van der Waals surface area contributed by atoms with E-state index in [1.165, 1.54) is 11.3 Å². The van der Waals surface area contributed by atoms with E-state index in [1.807, 2.05) is 24.3 Å². The van der Waals surface area contributed by atoms with Crippen molar-refractivity contribution < 1.29 is 5.11 Å². The second-order valence-electron chi connectivity index (χ2n) is 3.82. The summed E-state index contributed by atoms with van der Waals surface area (Å²) < 4.78 is 0.662. The smallest absolute Gasteiger partial charge is 0.115 e. The van der Waals surface area contributed by atoms with Crippen LogP contribution in [0.2, 0.25) is 4.34 Å². The first kappa shape index (κ1) is 11.6. The number of aromatic nitrogens is 2. The van der Waals surface area contributed by atoms with Gasteiger partial charge in [-0.25, -0.2) is 0 Å². The van der Waals surface area contributed by atoms with Gasteiger partial charge in [-0.1, -0.05) is 23.7 Å². The standard InChI is InChI=1S/C13H9ClN2OS/c14-11-5-4-10(18-11)13(17)8-2-1-3-9-12(8)16-7-6-15-9/h1-7,13,17H. The topological polar surface area (TPSA) is 46.0 Å². The molecule has 2 heterocycles. The SMILES string of the molecule is OC(c1ccc(Cl)s1)c1cccc2nccnc12. The van der Waals surface area contributed by atoms with E-state index in [0.29, 0.717) is 4.34 Å². The van der Waals surface area contributed by atoms with Crippen molar-refractivity contribution in [2.75, 3.05) is 0 Å². The van der Waals surface area contributed by atoms with E-state index < -0.39 is 6.10 Å². The number of benzene rings is 1. The van der Waals surface area contributed by atoms with Gasteiger partial charge in [-0.3, -0.25) is 9.97 Å². The number of aliphatic hydroxyl groups excluding tert-OH is 1. The number of fused-ring (bicyclic) bond motifs is 1. The highest BCUT2D eigenvalue weighted by Gasteiger charge is 2.16. The molecule has 1 N–H and O–H groups in total. The maximum atomic E-state index is 10.4. The second kappa shape index (κ2) is 4.65. The fraction of sp³-hybridized carbons (Fsp3) is 0.0769. The van der Waals surface area contributed by atoms with Crippen LogP contribution in [0.4, 0.5) is 0 Å². The first-order valence-corrected chi connectivity index (χ1v) is 6.58. The summed E-state index contributed by atoms with van der Waals surface area (Å²) in [7, 11) is 0. The summed E-state index contributed by atoms with van der Waals surface area (Å²) in [6, 6.07) is 9.20. The number of hydrogen-bond donors (Lipinski definition) is 1. The summed E-state index contributed by atoms with van der Waals surface area (Å²) in [6.07, 6.45) is 2.54. The van der Waals surface area contributed by atoms with Gasteiger partial charge in [0.1, 0.15) is 6.10 Å². The fourth-order valence-corrected chi connectivity index (χ4v) is 2.93. The van der Waals surface area contributed by atoms with Crippen LogP contribution >= 0.6 is 22.9 Å². The molecule has 3 aromatic rings. The third kappa shape index (κ3) is 1.99. The highest BCUT2D eigenvalue weighted by molar-refractivity contribution is 7.16. The molecule has 0 amide bonds. The van der Waals surface area contributed by atoms with Crippen LogP contribution in [0.1, 0.15) is 16.5 Å². The molecule has 5 heteroatoms. The Morgan fingerprint density at radius 3 is 2.72 bits per heavy atom. The Morgan fingerprint density at radius 2 is 1.94 bits per heavy atom. The summed E-state index contributed by atoms with van der Waals surface area (Å²) in [5.74, 6) is 0. The molecule has 0 bridgehead atoms. The summed E-state index contributed by atoms with van der Waals surface area (Å²) in [5.41, 5.74) is 2.24. The second-order valence-corrected chi connectivity index (χ2v) is 5.56. The maximum Gasteiger partial charge on any atom is 0.115 e. The molecule has 3 nitrogen and oxygen atoms in total. The molecule has 0 aliphatic heterocycles. The number of halogens is 1. The minimum absolute atomic E-state index is 0.662. The van der Waals surface area contributed by atoms with E-state index in [4.69, 9.17) is 11.6 Å². The van der Waals surface area contributed by atoms with Crippen LogP contribution in [0.25, 0.3) is 11.0 Å². The Balaban J connectivity index is 2.14. The van der Waals surface area contributed by atoms with Gasteiger partial charge in [-0.05, 0) is 18.2 Å². The van der Waals surface area contributed by atoms with Crippen LogP contribution in [0.3, 0.4) is 0 Å². The predicted molar refractivity (Wildman–Crippen MR) is 72.9 cm³/mol. The number of hydrogen-bond acceptors (Lipinski definition) is 4. The average molecular weight is 277 g/mol. The lowest BCUT2D eigenvalue weighted by atomic mass is 10.1. The molecule has 90 valence electrons. The number of aliphatic hydroxyl groups is 1. The van der Waals surface area contributed by atoms with Gasteiger partial charge in [0.25, 0.3) is 0 Å². The molecule has 0 aliphatic rings. The maximum absolute atomic E-state index is 10.4. The van der Waals surface area contributed by atoms with Crippen LogP contribution in [0, 0.1) is 0 Å². The minimum Gasteiger partial charge on any atom is -0.383 e. The summed E-state index contributed by atoms with van der Waals surface area (Å²) in [4.78, 5) is 9.31. The molecule has 0 radical (unpaired) electrons. The van der Waals surface area contributed by atoms with Crippen molar-refractivity contribution in [1.82, 2.24) is 9.97 Å². The molecule has 0 aliphatic carbocycles. The van der Waals surface area contributed by atoms with E-state index in [1.54, 1.807) is 18.5 Å². The van der Waals surface area contributed by atoms with Crippen molar-refractivity contribution in [3.05, 3.63) is 57.5 Å². The molecule has 1 aromatic carbocycles. The number of rotatable bonds is 2. The molecule has 1 unspecified atom stereocenters. The van der Waals surface area contributed by atoms with Crippen LogP contribution in [0.15, 0.2) is 42.7 Å². The van der Waals surface area contributed by atoms with Crippen molar-refractivity contribution in [2.24, 2.45) is 0 Å². The van der Waals surface area contributed by atoms with Crippen LogP contribution in [-0.4, -0.2) is 15.1 Å². The van der Waals surface area contributed by atoms with Crippen molar-refractivity contribution >= 4 is 34.0 Å². The average Bonchev–Trinajstić information content (AvgIpc) is 2.84. The number of nitrogens with zero attached hydrogens (tertiary/aromatic N) is 2. The van der Waals surface area contributed by atoms with E-state index >= 15 is 0 Å². The zero-order valence-electron chi connectivity index (χ0n) is 9.25. The van der Waals surface area contributed by atoms with Gasteiger partial charge in [0.05, 0.1) is 15.4 Å². The van der Waals surface area contributed by atoms with E-state index in [9.17, 15) is 5.11 Å². The largest absolute Gasteiger partial charge is 0.383 e. The van der Waals surface area contributed by atoms with Crippen LogP contribution in [0.5, 0.6) is 0 Å². The highest BCUT2D eigenvalue weighted by atomic mass is 35.5. The van der Waals surface area contributed by atoms with Gasteiger partial charge in [0.15, 0.2) is 0 Å². The molecule has 0 fully saturated rings. The predicted octanol–water partition coefficient (Wildman–Crippen LogP) is 3.43. The van der Waals surface area contributed by atoms with E-state index in [-0.39, 0.29) is 0 Å². The lowest BCUT2D eigenvalue weighted by Gasteiger charge is -2.10. The van der Waals surface area contributed by atoms with Gasteiger partial charge >= 0.3 is 0 Å². The number of thiophene rings is 1. The van der Waals surface area contributed by atoms with Crippen molar-refractivity contribution in [2.45, 2.75) is 6.10 Å². The Kier molecular flexibility index (Phi) is 2.99. The van der Waals surface area contributed by atoms with Gasteiger partial charge < -0.3 is 5.11 Å². The number of para-hydroxylation sites is 1. The van der Waals surface area contributed by atoms with Crippen LogP contribution < -0.4 is 0 Å². The Hall–Kier alpha value is -1.49. The Bertz CT molecular complexity index is 693. The normalized spacial score (nSPS) is 12.8. The molecule has 0 saturated heterocycles. The monoisotopic (exact) mass is 276 g/mol. The lowest BCUT2D eigenvalue weighted by molar-refractivity contribution is 0.225. The molecule has 0 saturated carbocycles. The summed E-state index contributed by atoms with van der Waals surface area (Å²) >= 11 is 7.26. The zero-order valence-corrected chi connectivity index (χ0v) is 10.8. The van der Waals surface area contributed by atoms with E-state index in [2.05, 4.69) is 9.97 Å². The zero-order chi connectivity index (χ0) is 12.5. The van der Waals surface area contributed by atoms with Gasteiger partial charge in [0, 0.05) is 22.8 Å². The highest BCUT2D eigenvalue weighted by Crippen LogP contribution is 2.33. The van der Waals surface area contributed by atoms with Gasteiger partial charge in [-0.2, -0.15) is 0 Å². The first-order valence-electron chi connectivity index (χ1n) is 5.38. The fourth-order valence-electron chi connectivity index (χ4n) is 1.86. The molecule has 1 atom stereocenters. The van der Waals surface area contributed by atoms with Gasteiger partial charge in [0.2, 0.25) is 0 Å². The third-order valence-corrected chi connectivity index (χ3v) is 3.97. The lowest BCUT2D eigenvalue weighted by Crippen LogP contribution is -1.99. The molecular formula is C13H9ClN2OS. The van der Waals surface area contributed by atoms with Gasteiger partial charge in [-0.15, -0.1) is 11.3 Å². The molecular weight excluding hydrogens is 268 g/mol. The molecule has 0 spiro atoms. The molecule has 3 rings (SSSR count). The summed E-state index contributed by atoms with van der Waals surface area (Å²) in [5, 5.41) is 10.4.